The Morgan fingerprint density at radius 1 is 1.12 bits per heavy atom. The number of nitrogens with zero attached hydrogens (tertiary/aromatic N) is 2. The van der Waals surface area contributed by atoms with Gasteiger partial charge in [0.2, 0.25) is 0 Å². The van der Waals surface area contributed by atoms with E-state index in [1.807, 2.05) is 12.1 Å². The molecule has 2 unspecified atom stereocenters. The molecule has 0 aromatic heterocycles. The molecule has 0 saturated carbocycles. The summed E-state index contributed by atoms with van der Waals surface area (Å²) >= 11 is 6.27. The van der Waals surface area contributed by atoms with E-state index in [0.717, 1.165) is 44.2 Å². The normalized spacial score (nSPS) is 24.2. The fourth-order valence-electron chi connectivity index (χ4n) is 4.13. The van der Waals surface area contributed by atoms with E-state index in [1.54, 1.807) is 0 Å². The minimum atomic E-state index is 0.110. The summed E-state index contributed by atoms with van der Waals surface area (Å²) in [6.45, 7) is 7.21. The number of hydrogen-bond acceptors (Lipinski definition) is 3. The maximum absolute atomic E-state index is 6.32. The lowest BCUT2D eigenvalue weighted by molar-refractivity contribution is 0.00760. The van der Waals surface area contributed by atoms with Gasteiger partial charge in [-0.15, -0.1) is 0 Å². The summed E-state index contributed by atoms with van der Waals surface area (Å²) in [6.07, 6.45) is 1.12. The van der Waals surface area contributed by atoms with Crippen LogP contribution in [-0.2, 0) is 11.2 Å². The van der Waals surface area contributed by atoms with E-state index in [9.17, 15) is 0 Å². The first-order chi connectivity index (χ1) is 12.3. The molecule has 0 bridgehead atoms. The molecule has 2 atom stereocenters. The third-order valence-corrected chi connectivity index (χ3v) is 5.70. The maximum Gasteiger partial charge on any atom is 0.104 e. The average Bonchev–Trinajstić information content (AvgIpc) is 2.67. The first kappa shape index (κ1) is 16.9. The number of ether oxygens (including phenoxy) is 1. The Labute approximate surface area is 155 Å². The number of likely N-dealkylation sites (N-methyl/N-ethyl adjacent to an activating group) is 1. The van der Waals surface area contributed by atoms with Gasteiger partial charge in [-0.3, -0.25) is 4.90 Å². The van der Waals surface area contributed by atoms with Gasteiger partial charge < -0.3 is 9.64 Å². The van der Waals surface area contributed by atoms with Gasteiger partial charge in [-0.05, 0) is 42.3 Å². The number of anilines is 1. The molecule has 2 heterocycles. The lowest BCUT2D eigenvalue weighted by Crippen LogP contribution is -2.56. The van der Waals surface area contributed by atoms with Gasteiger partial charge >= 0.3 is 0 Å². The van der Waals surface area contributed by atoms with Crippen LogP contribution in [0.25, 0.3) is 0 Å². The minimum absolute atomic E-state index is 0.110. The third kappa shape index (κ3) is 3.41. The molecule has 2 aromatic carbocycles. The second kappa shape index (κ2) is 7.36. The predicted molar refractivity (Wildman–Crippen MR) is 104 cm³/mol. The number of benzene rings is 2. The van der Waals surface area contributed by atoms with Gasteiger partial charge in [0.1, 0.15) is 6.10 Å². The van der Waals surface area contributed by atoms with Gasteiger partial charge in [-0.1, -0.05) is 48.9 Å². The van der Waals surface area contributed by atoms with E-state index in [-0.39, 0.29) is 6.10 Å². The van der Waals surface area contributed by atoms with Gasteiger partial charge in [0.25, 0.3) is 0 Å². The highest BCUT2D eigenvalue weighted by molar-refractivity contribution is 6.30. The highest BCUT2D eigenvalue weighted by Crippen LogP contribution is 2.36. The van der Waals surface area contributed by atoms with Gasteiger partial charge in [-0.2, -0.15) is 0 Å². The van der Waals surface area contributed by atoms with Crippen molar-refractivity contribution in [1.29, 1.82) is 0 Å². The highest BCUT2D eigenvalue weighted by Gasteiger charge is 2.36. The molecule has 0 N–H and O–H groups in total. The van der Waals surface area contributed by atoms with E-state index in [0.29, 0.717) is 6.04 Å². The second-order valence-corrected chi connectivity index (χ2v) is 7.31. The second-order valence-electron chi connectivity index (χ2n) is 6.87. The van der Waals surface area contributed by atoms with Gasteiger partial charge in [0.05, 0.1) is 12.6 Å². The van der Waals surface area contributed by atoms with E-state index in [2.05, 4.69) is 53.1 Å². The molecular weight excluding hydrogens is 332 g/mol. The van der Waals surface area contributed by atoms with Crippen molar-refractivity contribution in [3.05, 3.63) is 64.7 Å². The summed E-state index contributed by atoms with van der Waals surface area (Å²) in [5, 5.41) is 0.791. The van der Waals surface area contributed by atoms with Gasteiger partial charge in [-0.25, -0.2) is 0 Å². The van der Waals surface area contributed by atoms with Crippen LogP contribution >= 0.6 is 11.6 Å². The summed E-state index contributed by atoms with van der Waals surface area (Å²) in [4.78, 5) is 5.01. The molecular formula is C21H25ClN2O. The van der Waals surface area contributed by atoms with Crippen molar-refractivity contribution in [3.63, 3.8) is 0 Å². The SMILES string of the molecule is CCN1CCN(c2cccc(Cl)c2)C(C2OCCc3ccccc32)C1. The first-order valence-electron chi connectivity index (χ1n) is 9.20. The first-order valence-corrected chi connectivity index (χ1v) is 9.58. The molecule has 0 amide bonds. The summed E-state index contributed by atoms with van der Waals surface area (Å²) in [7, 11) is 0. The van der Waals surface area contributed by atoms with Crippen LogP contribution in [0.1, 0.15) is 24.2 Å². The molecule has 2 aromatic rings. The Morgan fingerprint density at radius 2 is 2.00 bits per heavy atom. The van der Waals surface area contributed by atoms with E-state index in [1.165, 1.54) is 16.8 Å². The van der Waals surface area contributed by atoms with Crippen molar-refractivity contribution >= 4 is 17.3 Å². The van der Waals surface area contributed by atoms with Crippen molar-refractivity contribution in [2.24, 2.45) is 0 Å². The van der Waals surface area contributed by atoms with Crippen LogP contribution in [-0.4, -0.2) is 43.7 Å². The van der Waals surface area contributed by atoms with Crippen molar-refractivity contribution < 1.29 is 4.74 Å². The number of halogens is 1. The summed E-state index contributed by atoms with van der Waals surface area (Å²) in [5.41, 5.74) is 3.97. The molecule has 25 heavy (non-hydrogen) atoms. The fraction of sp³-hybridized carbons (Fsp3) is 0.429. The Balaban J connectivity index is 1.70. The third-order valence-electron chi connectivity index (χ3n) is 5.47. The largest absolute Gasteiger partial charge is 0.371 e. The maximum atomic E-state index is 6.32. The molecule has 2 aliphatic heterocycles. The van der Waals surface area contributed by atoms with E-state index >= 15 is 0 Å². The van der Waals surface area contributed by atoms with Crippen LogP contribution < -0.4 is 4.90 Å². The Morgan fingerprint density at radius 3 is 2.84 bits per heavy atom. The van der Waals surface area contributed by atoms with Crippen LogP contribution in [0.2, 0.25) is 5.02 Å². The average molecular weight is 357 g/mol. The van der Waals surface area contributed by atoms with E-state index < -0.39 is 0 Å². The molecule has 0 radical (unpaired) electrons. The monoisotopic (exact) mass is 356 g/mol. The molecule has 1 fully saturated rings. The lowest BCUT2D eigenvalue weighted by atomic mass is 9.91. The van der Waals surface area contributed by atoms with Crippen LogP contribution in [0.5, 0.6) is 0 Å². The molecule has 1 saturated heterocycles. The smallest absolute Gasteiger partial charge is 0.104 e. The van der Waals surface area contributed by atoms with Crippen LogP contribution in [0.15, 0.2) is 48.5 Å². The predicted octanol–water partition coefficient (Wildman–Crippen LogP) is 4.16. The molecule has 3 nitrogen and oxygen atoms in total. The molecule has 4 rings (SSSR count). The standard InChI is InChI=1S/C21H25ClN2O/c1-2-23-11-12-24(18-8-5-7-17(22)14-18)20(15-23)21-19-9-4-3-6-16(19)10-13-25-21/h3-9,14,20-21H,2,10-13,15H2,1H3. The molecule has 4 heteroatoms. The van der Waals surface area contributed by atoms with Crippen molar-refractivity contribution in [2.75, 3.05) is 37.7 Å². The fourth-order valence-corrected chi connectivity index (χ4v) is 4.32. The summed E-state index contributed by atoms with van der Waals surface area (Å²) in [6, 6.07) is 17.3. The van der Waals surface area contributed by atoms with Crippen molar-refractivity contribution in [2.45, 2.75) is 25.5 Å². The van der Waals surface area contributed by atoms with Crippen LogP contribution in [0.4, 0.5) is 5.69 Å². The summed E-state index contributed by atoms with van der Waals surface area (Å²) in [5.74, 6) is 0. The van der Waals surface area contributed by atoms with Crippen molar-refractivity contribution in [1.82, 2.24) is 4.90 Å². The number of rotatable bonds is 3. The zero-order valence-electron chi connectivity index (χ0n) is 14.7. The molecule has 0 spiro atoms. The molecule has 0 aliphatic carbocycles. The Kier molecular flexibility index (Phi) is 4.98. The highest BCUT2D eigenvalue weighted by atomic mass is 35.5. The Bertz CT molecular complexity index is 735. The summed E-state index contributed by atoms with van der Waals surface area (Å²) < 4.78 is 6.32. The van der Waals surface area contributed by atoms with Crippen LogP contribution in [0.3, 0.4) is 0 Å². The number of hydrogen-bond donors (Lipinski definition) is 0. The van der Waals surface area contributed by atoms with Gasteiger partial charge in [0, 0.05) is 30.3 Å². The van der Waals surface area contributed by atoms with Gasteiger partial charge in [0.15, 0.2) is 0 Å². The molecule has 132 valence electrons. The lowest BCUT2D eigenvalue weighted by Gasteiger charge is -2.47. The topological polar surface area (TPSA) is 15.7 Å². The zero-order chi connectivity index (χ0) is 17.2. The zero-order valence-corrected chi connectivity index (χ0v) is 15.5. The molecule has 2 aliphatic rings. The Hall–Kier alpha value is -1.55. The number of fused-ring (bicyclic) bond motifs is 1. The van der Waals surface area contributed by atoms with Crippen molar-refractivity contribution in [3.8, 4) is 0 Å². The number of piperazine rings is 1. The quantitative estimate of drug-likeness (QED) is 0.821. The van der Waals surface area contributed by atoms with Crippen LogP contribution in [0, 0.1) is 0 Å². The minimum Gasteiger partial charge on any atom is -0.371 e. The van der Waals surface area contributed by atoms with E-state index in [4.69, 9.17) is 16.3 Å².